The fraction of sp³-hybridized carbons (Fsp3) is 0.692. The SMILES string of the molecule is CCCc1nnsc1C(=O)N(CC(=O)O)C1CCCC1. The maximum absolute atomic E-state index is 12.6. The van der Waals surface area contributed by atoms with E-state index in [1.165, 1.54) is 4.90 Å². The maximum atomic E-state index is 12.6. The zero-order valence-electron chi connectivity index (χ0n) is 11.5. The van der Waals surface area contributed by atoms with Crippen LogP contribution in [0.4, 0.5) is 0 Å². The van der Waals surface area contributed by atoms with Crippen LogP contribution in [0.3, 0.4) is 0 Å². The molecule has 1 fully saturated rings. The molecular formula is C13H19N3O3S. The molecule has 1 aromatic rings. The molecule has 0 unspecified atom stereocenters. The van der Waals surface area contributed by atoms with Crippen LogP contribution < -0.4 is 0 Å². The molecule has 0 bridgehead atoms. The van der Waals surface area contributed by atoms with Crippen LogP contribution in [0, 0.1) is 0 Å². The van der Waals surface area contributed by atoms with Crippen LogP contribution in [0.15, 0.2) is 0 Å². The summed E-state index contributed by atoms with van der Waals surface area (Å²) in [7, 11) is 0. The van der Waals surface area contributed by atoms with Crippen molar-refractivity contribution in [1.82, 2.24) is 14.5 Å². The summed E-state index contributed by atoms with van der Waals surface area (Å²) in [4.78, 5) is 25.6. The third-order valence-electron chi connectivity index (χ3n) is 3.57. The zero-order chi connectivity index (χ0) is 14.5. The van der Waals surface area contributed by atoms with E-state index in [1.54, 1.807) is 0 Å². The predicted octanol–water partition coefficient (Wildman–Crippen LogP) is 1.96. The molecule has 0 saturated heterocycles. The van der Waals surface area contributed by atoms with Gasteiger partial charge < -0.3 is 10.0 Å². The first kappa shape index (κ1) is 14.9. The fourth-order valence-electron chi connectivity index (χ4n) is 2.63. The standard InChI is InChI=1S/C13H19N3O3S/c1-2-5-10-12(20-15-14-10)13(19)16(8-11(17)18)9-6-3-4-7-9/h9H,2-8H2,1H3,(H,17,18). The second-order valence-electron chi connectivity index (χ2n) is 5.06. The van der Waals surface area contributed by atoms with Crippen molar-refractivity contribution in [3.8, 4) is 0 Å². The number of hydrogen-bond donors (Lipinski definition) is 1. The van der Waals surface area contributed by atoms with Crippen molar-refractivity contribution in [1.29, 1.82) is 0 Å². The van der Waals surface area contributed by atoms with Crippen molar-refractivity contribution in [3.63, 3.8) is 0 Å². The summed E-state index contributed by atoms with van der Waals surface area (Å²) in [6.45, 7) is 1.77. The van der Waals surface area contributed by atoms with Gasteiger partial charge in [-0.2, -0.15) is 0 Å². The van der Waals surface area contributed by atoms with Gasteiger partial charge in [0.05, 0.1) is 5.69 Å². The lowest BCUT2D eigenvalue weighted by Crippen LogP contribution is -2.42. The molecule has 1 aliphatic rings. The molecule has 0 radical (unpaired) electrons. The fourth-order valence-corrected chi connectivity index (χ4v) is 3.29. The lowest BCUT2D eigenvalue weighted by atomic mass is 10.1. The molecule has 1 N–H and O–H groups in total. The average Bonchev–Trinajstić information content (AvgIpc) is 3.06. The molecule has 1 heterocycles. The van der Waals surface area contributed by atoms with Gasteiger partial charge in [-0.3, -0.25) is 9.59 Å². The van der Waals surface area contributed by atoms with Crippen LogP contribution in [0.1, 0.15) is 54.4 Å². The van der Waals surface area contributed by atoms with E-state index in [0.29, 0.717) is 17.0 Å². The topological polar surface area (TPSA) is 83.4 Å². The highest BCUT2D eigenvalue weighted by Gasteiger charge is 2.31. The molecule has 2 rings (SSSR count). The number of rotatable bonds is 6. The number of hydrogen-bond acceptors (Lipinski definition) is 5. The number of carbonyl (C=O) groups is 2. The molecule has 1 aromatic heterocycles. The summed E-state index contributed by atoms with van der Waals surface area (Å²) >= 11 is 1.07. The number of carboxylic acids is 1. The summed E-state index contributed by atoms with van der Waals surface area (Å²) in [5, 5.41) is 13.0. The van der Waals surface area contributed by atoms with Gasteiger partial charge in [0.25, 0.3) is 5.91 Å². The van der Waals surface area contributed by atoms with E-state index in [0.717, 1.165) is 43.6 Å². The van der Waals surface area contributed by atoms with Gasteiger partial charge in [0.2, 0.25) is 0 Å². The van der Waals surface area contributed by atoms with Gasteiger partial charge in [-0.25, -0.2) is 0 Å². The number of amides is 1. The number of aromatic nitrogens is 2. The van der Waals surface area contributed by atoms with Gasteiger partial charge in [0.1, 0.15) is 11.4 Å². The maximum Gasteiger partial charge on any atom is 0.323 e. The largest absolute Gasteiger partial charge is 0.480 e. The molecule has 0 atom stereocenters. The first-order chi connectivity index (χ1) is 9.63. The van der Waals surface area contributed by atoms with E-state index in [2.05, 4.69) is 9.59 Å². The van der Waals surface area contributed by atoms with E-state index >= 15 is 0 Å². The minimum atomic E-state index is -0.972. The lowest BCUT2D eigenvalue weighted by molar-refractivity contribution is -0.138. The third kappa shape index (κ3) is 3.33. The summed E-state index contributed by atoms with van der Waals surface area (Å²) < 4.78 is 3.85. The van der Waals surface area contributed by atoms with Gasteiger partial charge in [0.15, 0.2) is 0 Å². The van der Waals surface area contributed by atoms with Gasteiger partial charge in [-0.15, -0.1) is 5.10 Å². The number of nitrogens with zero attached hydrogens (tertiary/aromatic N) is 3. The Kier molecular flexibility index (Phi) is 5.05. The minimum Gasteiger partial charge on any atom is -0.480 e. The molecule has 110 valence electrons. The first-order valence-corrected chi connectivity index (χ1v) is 7.74. The highest BCUT2D eigenvalue weighted by atomic mass is 32.1. The van der Waals surface area contributed by atoms with E-state index in [-0.39, 0.29) is 18.5 Å². The van der Waals surface area contributed by atoms with Crippen molar-refractivity contribution >= 4 is 23.4 Å². The first-order valence-electron chi connectivity index (χ1n) is 6.97. The quantitative estimate of drug-likeness (QED) is 0.867. The van der Waals surface area contributed by atoms with Gasteiger partial charge in [0, 0.05) is 6.04 Å². The number of carbonyl (C=O) groups excluding carboxylic acids is 1. The molecule has 1 saturated carbocycles. The zero-order valence-corrected chi connectivity index (χ0v) is 12.4. The predicted molar refractivity (Wildman–Crippen MR) is 74.8 cm³/mol. The van der Waals surface area contributed by atoms with Gasteiger partial charge in [-0.05, 0) is 30.8 Å². The van der Waals surface area contributed by atoms with Gasteiger partial charge >= 0.3 is 5.97 Å². The van der Waals surface area contributed by atoms with Crippen molar-refractivity contribution in [2.24, 2.45) is 0 Å². The van der Waals surface area contributed by atoms with Crippen LogP contribution in [0.25, 0.3) is 0 Å². The van der Waals surface area contributed by atoms with Crippen molar-refractivity contribution < 1.29 is 14.7 Å². The van der Waals surface area contributed by atoms with E-state index < -0.39 is 5.97 Å². The second-order valence-corrected chi connectivity index (χ2v) is 5.82. The van der Waals surface area contributed by atoms with Crippen molar-refractivity contribution in [2.45, 2.75) is 51.5 Å². The molecule has 0 spiro atoms. The molecule has 1 amide bonds. The van der Waals surface area contributed by atoms with E-state index in [1.807, 2.05) is 6.92 Å². The molecule has 6 nitrogen and oxygen atoms in total. The Morgan fingerprint density at radius 2 is 2.10 bits per heavy atom. The number of aryl methyl sites for hydroxylation is 1. The van der Waals surface area contributed by atoms with Crippen LogP contribution in [-0.4, -0.2) is 44.1 Å². The summed E-state index contributed by atoms with van der Waals surface area (Å²) in [6, 6.07) is 0.0372. The molecule has 1 aliphatic carbocycles. The Morgan fingerprint density at radius 1 is 1.40 bits per heavy atom. The summed E-state index contributed by atoms with van der Waals surface area (Å²) in [6.07, 6.45) is 5.45. The Hall–Kier alpha value is -1.50. The highest BCUT2D eigenvalue weighted by Crippen LogP contribution is 2.26. The molecule has 20 heavy (non-hydrogen) atoms. The Balaban J connectivity index is 2.20. The monoisotopic (exact) mass is 297 g/mol. The lowest BCUT2D eigenvalue weighted by Gasteiger charge is -2.26. The van der Waals surface area contributed by atoms with E-state index in [4.69, 9.17) is 5.11 Å². The summed E-state index contributed by atoms with van der Waals surface area (Å²) in [5.74, 6) is -1.20. The van der Waals surface area contributed by atoms with E-state index in [9.17, 15) is 9.59 Å². The molecular weight excluding hydrogens is 278 g/mol. The number of carboxylic acid groups (broad SMARTS) is 1. The Bertz CT molecular complexity index is 483. The molecule has 7 heteroatoms. The molecule has 0 aromatic carbocycles. The molecule has 0 aliphatic heterocycles. The Labute approximate surface area is 122 Å². The van der Waals surface area contributed by atoms with Crippen molar-refractivity contribution in [2.75, 3.05) is 6.54 Å². The van der Waals surface area contributed by atoms with Crippen molar-refractivity contribution in [3.05, 3.63) is 10.6 Å². The number of aliphatic carboxylic acids is 1. The highest BCUT2D eigenvalue weighted by molar-refractivity contribution is 7.08. The third-order valence-corrected chi connectivity index (χ3v) is 4.32. The summed E-state index contributed by atoms with van der Waals surface area (Å²) in [5.41, 5.74) is 0.691. The second kappa shape index (κ2) is 6.78. The smallest absolute Gasteiger partial charge is 0.323 e. The van der Waals surface area contributed by atoms with Crippen LogP contribution in [-0.2, 0) is 11.2 Å². The Morgan fingerprint density at radius 3 is 2.70 bits per heavy atom. The van der Waals surface area contributed by atoms with Crippen LogP contribution in [0.5, 0.6) is 0 Å². The normalized spacial score (nSPS) is 15.4. The minimum absolute atomic E-state index is 0.0372. The average molecular weight is 297 g/mol. The van der Waals surface area contributed by atoms with Crippen LogP contribution >= 0.6 is 11.5 Å². The van der Waals surface area contributed by atoms with Crippen LogP contribution in [0.2, 0.25) is 0 Å². The van der Waals surface area contributed by atoms with Gasteiger partial charge in [-0.1, -0.05) is 30.7 Å².